The van der Waals surface area contributed by atoms with Gasteiger partial charge < -0.3 is 15.7 Å². The number of aliphatic carboxylic acids is 1. The van der Waals surface area contributed by atoms with Crippen molar-refractivity contribution < 1.29 is 14.7 Å². The smallest absolute Gasteiger partial charge is 0.319 e. The quantitative estimate of drug-likeness (QED) is 0.733. The summed E-state index contributed by atoms with van der Waals surface area (Å²) in [6, 6.07) is 4.92. The van der Waals surface area contributed by atoms with E-state index in [0.717, 1.165) is 8.95 Å². The summed E-state index contributed by atoms with van der Waals surface area (Å²) in [4.78, 5) is 22.6. The Bertz CT molecular complexity index is 504. The molecule has 0 aliphatic carbocycles. The van der Waals surface area contributed by atoms with Gasteiger partial charge in [-0.1, -0.05) is 15.9 Å². The van der Waals surface area contributed by atoms with Crippen molar-refractivity contribution in [2.75, 3.05) is 11.9 Å². The van der Waals surface area contributed by atoms with Gasteiger partial charge in [0.05, 0.1) is 11.1 Å². The third-order valence-corrected chi connectivity index (χ3v) is 3.63. The minimum Gasteiger partial charge on any atom is -0.481 e. The van der Waals surface area contributed by atoms with Crippen LogP contribution >= 0.6 is 31.9 Å². The molecule has 0 aliphatic heterocycles. The number of carboxylic acid groups (broad SMARTS) is 1. The van der Waals surface area contributed by atoms with Crippen LogP contribution in [0.15, 0.2) is 27.1 Å². The monoisotopic (exact) mass is 392 g/mol. The van der Waals surface area contributed by atoms with E-state index in [0.29, 0.717) is 5.69 Å². The van der Waals surface area contributed by atoms with Crippen LogP contribution in [-0.4, -0.2) is 23.7 Å². The van der Waals surface area contributed by atoms with Crippen molar-refractivity contribution in [1.82, 2.24) is 5.32 Å². The highest BCUT2D eigenvalue weighted by Crippen LogP contribution is 2.26. The summed E-state index contributed by atoms with van der Waals surface area (Å²) in [6.07, 6.45) is 0. The number of hydrogen-bond acceptors (Lipinski definition) is 2. The van der Waals surface area contributed by atoms with Gasteiger partial charge in [0.2, 0.25) is 0 Å². The van der Waals surface area contributed by atoms with Crippen LogP contribution in [0.1, 0.15) is 13.8 Å². The van der Waals surface area contributed by atoms with Gasteiger partial charge >= 0.3 is 12.0 Å². The Labute approximate surface area is 128 Å². The molecule has 19 heavy (non-hydrogen) atoms. The zero-order chi connectivity index (χ0) is 14.6. The Balaban J connectivity index is 2.61. The average Bonchev–Trinajstić information content (AvgIpc) is 2.31. The predicted molar refractivity (Wildman–Crippen MR) is 80.3 cm³/mol. The van der Waals surface area contributed by atoms with Crippen LogP contribution in [0.3, 0.4) is 0 Å². The molecule has 5 nitrogen and oxygen atoms in total. The first-order chi connectivity index (χ1) is 8.72. The minimum atomic E-state index is -1.01. The van der Waals surface area contributed by atoms with E-state index in [9.17, 15) is 9.59 Å². The van der Waals surface area contributed by atoms with Crippen molar-refractivity contribution in [1.29, 1.82) is 0 Å². The Morgan fingerprint density at radius 3 is 2.53 bits per heavy atom. The second-order valence-electron chi connectivity index (χ2n) is 4.62. The summed E-state index contributed by atoms with van der Waals surface area (Å²) < 4.78 is 1.57. The Morgan fingerprint density at radius 1 is 1.32 bits per heavy atom. The molecule has 3 N–H and O–H groups in total. The first kappa shape index (κ1) is 16.0. The van der Waals surface area contributed by atoms with Crippen molar-refractivity contribution in [3.8, 4) is 0 Å². The molecule has 0 saturated carbocycles. The molecule has 0 bridgehead atoms. The summed E-state index contributed by atoms with van der Waals surface area (Å²) in [7, 11) is 0. The number of carbonyl (C=O) groups is 2. The number of benzene rings is 1. The minimum absolute atomic E-state index is 0.0415. The third-order valence-electron chi connectivity index (χ3n) is 2.45. The van der Waals surface area contributed by atoms with E-state index in [2.05, 4.69) is 42.5 Å². The zero-order valence-corrected chi connectivity index (χ0v) is 13.6. The number of anilines is 1. The summed E-state index contributed by atoms with van der Waals surface area (Å²) in [5.41, 5.74) is -0.411. The molecule has 1 rings (SSSR count). The number of halogens is 2. The van der Waals surface area contributed by atoms with E-state index < -0.39 is 17.4 Å². The first-order valence-corrected chi connectivity index (χ1v) is 7.04. The van der Waals surface area contributed by atoms with Crippen LogP contribution in [0.5, 0.6) is 0 Å². The maximum atomic E-state index is 11.7. The molecule has 0 atom stereocenters. The second kappa shape index (κ2) is 6.38. The number of carboxylic acids is 1. The SMILES string of the molecule is CC(C)(CNC(=O)Nc1cc(Br)ccc1Br)C(=O)O. The highest BCUT2D eigenvalue weighted by molar-refractivity contribution is 9.11. The van der Waals surface area contributed by atoms with Gasteiger partial charge in [0.15, 0.2) is 0 Å². The van der Waals surface area contributed by atoms with Crippen LogP contribution in [0.25, 0.3) is 0 Å². The average molecular weight is 394 g/mol. The molecule has 104 valence electrons. The van der Waals surface area contributed by atoms with E-state index in [4.69, 9.17) is 5.11 Å². The molecular formula is C12H14Br2N2O3. The fourth-order valence-corrected chi connectivity index (χ4v) is 1.84. The van der Waals surface area contributed by atoms with Gasteiger partial charge in [-0.05, 0) is 48.0 Å². The molecule has 0 fully saturated rings. The highest BCUT2D eigenvalue weighted by atomic mass is 79.9. The van der Waals surface area contributed by atoms with Gasteiger partial charge in [-0.15, -0.1) is 0 Å². The number of nitrogens with one attached hydrogen (secondary N) is 2. The fraction of sp³-hybridized carbons (Fsp3) is 0.333. The Hall–Kier alpha value is -1.08. The maximum Gasteiger partial charge on any atom is 0.319 e. The lowest BCUT2D eigenvalue weighted by atomic mass is 9.94. The molecule has 0 radical (unpaired) electrons. The number of rotatable bonds is 4. The Morgan fingerprint density at radius 2 is 1.95 bits per heavy atom. The van der Waals surface area contributed by atoms with Crippen molar-refractivity contribution in [3.63, 3.8) is 0 Å². The lowest BCUT2D eigenvalue weighted by Crippen LogP contribution is -2.40. The van der Waals surface area contributed by atoms with Gasteiger partial charge in [0.1, 0.15) is 0 Å². The van der Waals surface area contributed by atoms with Gasteiger partial charge in [-0.3, -0.25) is 4.79 Å². The lowest BCUT2D eigenvalue weighted by Gasteiger charge is -2.19. The molecule has 0 saturated heterocycles. The normalized spacial score (nSPS) is 10.9. The largest absolute Gasteiger partial charge is 0.481 e. The van der Waals surface area contributed by atoms with E-state index >= 15 is 0 Å². The van der Waals surface area contributed by atoms with E-state index in [1.165, 1.54) is 0 Å². The van der Waals surface area contributed by atoms with Crippen molar-refractivity contribution in [3.05, 3.63) is 27.1 Å². The summed E-state index contributed by atoms with van der Waals surface area (Å²) >= 11 is 6.62. The van der Waals surface area contributed by atoms with Crippen LogP contribution in [0.4, 0.5) is 10.5 Å². The predicted octanol–water partition coefficient (Wildman–Crippen LogP) is 3.44. The topological polar surface area (TPSA) is 78.4 Å². The molecule has 0 spiro atoms. The molecule has 7 heteroatoms. The molecule has 1 aromatic carbocycles. The number of amides is 2. The third kappa shape index (κ3) is 4.83. The second-order valence-corrected chi connectivity index (χ2v) is 6.39. The zero-order valence-electron chi connectivity index (χ0n) is 10.5. The van der Waals surface area contributed by atoms with Crippen LogP contribution < -0.4 is 10.6 Å². The van der Waals surface area contributed by atoms with E-state index in [1.807, 2.05) is 6.07 Å². The lowest BCUT2D eigenvalue weighted by molar-refractivity contribution is -0.146. The van der Waals surface area contributed by atoms with Crippen LogP contribution in [-0.2, 0) is 4.79 Å². The molecule has 1 aromatic rings. The Kier molecular flexibility index (Phi) is 5.37. The highest BCUT2D eigenvalue weighted by Gasteiger charge is 2.27. The summed E-state index contributed by atoms with van der Waals surface area (Å²) in [5.74, 6) is -0.962. The first-order valence-electron chi connectivity index (χ1n) is 5.45. The van der Waals surface area contributed by atoms with Crippen molar-refractivity contribution in [2.24, 2.45) is 5.41 Å². The van der Waals surface area contributed by atoms with Gasteiger partial charge in [0.25, 0.3) is 0 Å². The number of carbonyl (C=O) groups excluding carboxylic acids is 1. The molecular weight excluding hydrogens is 380 g/mol. The molecule has 0 aromatic heterocycles. The van der Waals surface area contributed by atoms with Gasteiger partial charge in [0, 0.05) is 15.5 Å². The molecule has 2 amide bonds. The van der Waals surface area contributed by atoms with Crippen molar-refractivity contribution in [2.45, 2.75) is 13.8 Å². The standard InChI is InChI=1S/C12H14Br2N2O3/c1-12(2,10(17)18)6-15-11(19)16-9-5-7(13)3-4-8(9)14/h3-5H,6H2,1-2H3,(H,17,18)(H2,15,16,19). The number of hydrogen-bond donors (Lipinski definition) is 3. The summed E-state index contributed by atoms with van der Waals surface area (Å²) in [5, 5.41) is 14.1. The van der Waals surface area contributed by atoms with Crippen LogP contribution in [0.2, 0.25) is 0 Å². The van der Waals surface area contributed by atoms with Gasteiger partial charge in [-0.25, -0.2) is 4.79 Å². The van der Waals surface area contributed by atoms with E-state index in [1.54, 1.807) is 26.0 Å². The van der Waals surface area contributed by atoms with Crippen LogP contribution in [0, 0.1) is 5.41 Å². The maximum absolute atomic E-state index is 11.7. The molecule has 0 heterocycles. The summed E-state index contributed by atoms with van der Waals surface area (Å²) in [6.45, 7) is 3.13. The van der Waals surface area contributed by atoms with Gasteiger partial charge in [-0.2, -0.15) is 0 Å². The fourth-order valence-electron chi connectivity index (χ4n) is 1.14. The van der Waals surface area contributed by atoms with Crippen molar-refractivity contribution >= 4 is 49.5 Å². The molecule has 0 unspecified atom stereocenters. The molecule has 0 aliphatic rings. The van der Waals surface area contributed by atoms with E-state index in [-0.39, 0.29) is 6.54 Å². The number of urea groups is 1.